The Kier molecular flexibility index (Phi) is 4.60. The second-order valence-electron chi connectivity index (χ2n) is 4.86. The van der Waals surface area contributed by atoms with E-state index in [4.69, 9.17) is 16.7 Å². The van der Waals surface area contributed by atoms with Crippen molar-refractivity contribution in [2.45, 2.75) is 31.7 Å². The van der Waals surface area contributed by atoms with Crippen LogP contribution in [0, 0.1) is 5.82 Å². The van der Waals surface area contributed by atoms with Gasteiger partial charge in [-0.25, -0.2) is 4.39 Å². The van der Waals surface area contributed by atoms with E-state index in [1.54, 1.807) is 0 Å². The standard InChI is InChI=1S/C14H15ClFNO3/c15-11-4-1-5-12(16)10(11)8-13(18)17-6-2-3-9(17)7-14(19)20/h1,4-5,9H,2-3,6-8H2,(H,19,20). The average molecular weight is 300 g/mol. The maximum atomic E-state index is 13.7. The molecule has 1 saturated heterocycles. The molecule has 1 fully saturated rings. The van der Waals surface area contributed by atoms with Gasteiger partial charge in [-0.3, -0.25) is 9.59 Å². The van der Waals surface area contributed by atoms with Crippen molar-refractivity contribution >= 4 is 23.5 Å². The highest BCUT2D eigenvalue weighted by atomic mass is 35.5. The lowest BCUT2D eigenvalue weighted by atomic mass is 10.1. The molecular weight excluding hydrogens is 285 g/mol. The molecule has 0 aliphatic carbocycles. The Bertz CT molecular complexity index is 515. The summed E-state index contributed by atoms with van der Waals surface area (Å²) in [5, 5.41) is 9.05. The van der Waals surface area contributed by atoms with Crippen LogP contribution in [0.2, 0.25) is 5.02 Å². The summed E-state index contributed by atoms with van der Waals surface area (Å²) in [6.07, 6.45) is 1.23. The third-order valence-corrected chi connectivity index (χ3v) is 3.85. The second-order valence-corrected chi connectivity index (χ2v) is 5.27. The number of carbonyl (C=O) groups is 2. The lowest BCUT2D eigenvalue weighted by Gasteiger charge is -2.23. The molecule has 1 N–H and O–H groups in total. The molecule has 0 bridgehead atoms. The quantitative estimate of drug-likeness (QED) is 0.929. The summed E-state index contributed by atoms with van der Waals surface area (Å²) in [7, 11) is 0. The van der Waals surface area contributed by atoms with Crippen LogP contribution in [0.1, 0.15) is 24.8 Å². The molecule has 1 aromatic rings. The molecule has 6 heteroatoms. The number of halogens is 2. The summed E-state index contributed by atoms with van der Waals surface area (Å²) in [4.78, 5) is 24.5. The Morgan fingerprint density at radius 3 is 2.85 bits per heavy atom. The number of hydrogen-bond donors (Lipinski definition) is 1. The Labute approximate surface area is 121 Å². The number of carbonyl (C=O) groups excluding carboxylic acids is 1. The van der Waals surface area contributed by atoms with Gasteiger partial charge in [0.25, 0.3) is 0 Å². The number of aliphatic carboxylic acids is 1. The van der Waals surface area contributed by atoms with E-state index in [-0.39, 0.29) is 35.4 Å². The Balaban J connectivity index is 2.09. The summed E-state index contributed by atoms with van der Waals surface area (Å²) in [5.74, 6) is -1.72. The average Bonchev–Trinajstić information content (AvgIpc) is 2.81. The fraction of sp³-hybridized carbons (Fsp3) is 0.429. The highest BCUT2D eigenvalue weighted by Gasteiger charge is 2.30. The fourth-order valence-electron chi connectivity index (χ4n) is 2.53. The minimum Gasteiger partial charge on any atom is -0.481 e. The summed E-state index contributed by atoms with van der Waals surface area (Å²) in [6.45, 7) is 0.517. The first-order valence-electron chi connectivity index (χ1n) is 6.43. The van der Waals surface area contributed by atoms with Gasteiger partial charge in [0.05, 0.1) is 12.8 Å². The van der Waals surface area contributed by atoms with Crippen LogP contribution in [0.15, 0.2) is 18.2 Å². The zero-order chi connectivity index (χ0) is 14.7. The van der Waals surface area contributed by atoms with Crippen LogP contribution < -0.4 is 0 Å². The van der Waals surface area contributed by atoms with Crippen LogP contribution in [0.25, 0.3) is 0 Å². The van der Waals surface area contributed by atoms with Gasteiger partial charge in [-0.2, -0.15) is 0 Å². The molecule has 108 valence electrons. The minimum absolute atomic E-state index is 0.0727. The Hall–Kier alpha value is -1.62. The molecule has 0 saturated carbocycles. The van der Waals surface area contributed by atoms with E-state index < -0.39 is 11.8 Å². The summed E-state index contributed by atoms with van der Waals surface area (Å²) in [6, 6.07) is 3.97. The topological polar surface area (TPSA) is 57.6 Å². The molecular formula is C14H15ClFNO3. The number of carboxylic acids is 1. The van der Waals surface area contributed by atoms with Gasteiger partial charge >= 0.3 is 5.97 Å². The second kappa shape index (κ2) is 6.22. The van der Waals surface area contributed by atoms with Crippen LogP contribution in [-0.4, -0.2) is 34.5 Å². The summed E-state index contributed by atoms with van der Waals surface area (Å²) in [5.41, 5.74) is 0.167. The van der Waals surface area contributed by atoms with Crippen molar-refractivity contribution in [1.82, 2.24) is 4.90 Å². The zero-order valence-electron chi connectivity index (χ0n) is 10.8. The van der Waals surface area contributed by atoms with Crippen molar-refractivity contribution in [3.8, 4) is 0 Å². The Morgan fingerprint density at radius 2 is 2.20 bits per heavy atom. The van der Waals surface area contributed by atoms with Crippen molar-refractivity contribution in [3.63, 3.8) is 0 Å². The van der Waals surface area contributed by atoms with Crippen LogP contribution in [0.5, 0.6) is 0 Å². The molecule has 1 heterocycles. The lowest BCUT2D eigenvalue weighted by molar-refractivity contribution is -0.139. The molecule has 1 amide bonds. The van der Waals surface area contributed by atoms with Crippen molar-refractivity contribution in [3.05, 3.63) is 34.6 Å². The summed E-state index contributed by atoms with van der Waals surface area (Å²) < 4.78 is 13.7. The van der Waals surface area contributed by atoms with Gasteiger partial charge in [-0.1, -0.05) is 17.7 Å². The lowest BCUT2D eigenvalue weighted by Crippen LogP contribution is -2.38. The van der Waals surface area contributed by atoms with E-state index in [1.165, 1.54) is 23.1 Å². The van der Waals surface area contributed by atoms with Crippen LogP contribution in [-0.2, 0) is 16.0 Å². The normalized spacial score (nSPS) is 18.3. The van der Waals surface area contributed by atoms with Crippen LogP contribution in [0.3, 0.4) is 0 Å². The van der Waals surface area contributed by atoms with Gasteiger partial charge in [-0.15, -0.1) is 0 Å². The minimum atomic E-state index is -0.932. The van der Waals surface area contributed by atoms with Gasteiger partial charge in [-0.05, 0) is 25.0 Å². The molecule has 2 rings (SSSR count). The largest absolute Gasteiger partial charge is 0.481 e. The number of carboxylic acid groups (broad SMARTS) is 1. The number of nitrogens with zero attached hydrogens (tertiary/aromatic N) is 1. The number of rotatable bonds is 4. The molecule has 0 aromatic heterocycles. The van der Waals surface area contributed by atoms with Gasteiger partial charge < -0.3 is 10.0 Å². The predicted octanol–water partition coefficient (Wildman–Crippen LogP) is 2.49. The monoisotopic (exact) mass is 299 g/mol. The van der Waals surface area contributed by atoms with Crippen LogP contribution in [0.4, 0.5) is 4.39 Å². The SMILES string of the molecule is O=C(O)CC1CCCN1C(=O)Cc1c(F)cccc1Cl. The molecule has 1 aliphatic heterocycles. The first kappa shape index (κ1) is 14.8. The third-order valence-electron chi connectivity index (χ3n) is 3.50. The number of hydrogen-bond acceptors (Lipinski definition) is 2. The maximum Gasteiger partial charge on any atom is 0.305 e. The molecule has 1 aliphatic rings. The van der Waals surface area contributed by atoms with Crippen molar-refractivity contribution in [2.75, 3.05) is 6.54 Å². The van der Waals surface area contributed by atoms with Crippen LogP contribution >= 0.6 is 11.6 Å². The van der Waals surface area contributed by atoms with E-state index >= 15 is 0 Å². The summed E-state index contributed by atoms with van der Waals surface area (Å²) >= 11 is 5.90. The first-order chi connectivity index (χ1) is 9.49. The van der Waals surface area contributed by atoms with Gasteiger partial charge in [0.15, 0.2) is 0 Å². The highest BCUT2D eigenvalue weighted by molar-refractivity contribution is 6.31. The van der Waals surface area contributed by atoms with E-state index in [2.05, 4.69) is 0 Å². The molecule has 1 unspecified atom stereocenters. The molecule has 20 heavy (non-hydrogen) atoms. The molecule has 4 nitrogen and oxygen atoms in total. The van der Waals surface area contributed by atoms with E-state index in [0.29, 0.717) is 13.0 Å². The van der Waals surface area contributed by atoms with Crippen molar-refractivity contribution < 1.29 is 19.1 Å². The molecule has 0 radical (unpaired) electrons. The van der Waals surface area contributed by atoms with Crippen molar-refractivity contribution in [1.29, 1.82) is 0 Å². The molecule has 1 aromatic carbocycles. The van der Waals surface area contributed by atoms with E-state index in [1.807, 2.05) is 0 Å². The van der Waals surface area contributed by atoms with E-state index in [0.717, 1.165) is 6.42 Å². The first-order valence-corrected chi connectivity index (χ1v) is 6.81. The third kappa shape index (κ3) is 3.28. The number of likely N-dealkylation sites (tertiary alicyclic amines) is 1. The van der Waals surface area contributed by atoms with Gasteiger partial charge in [0, 0.05) is 23.2 Å². The molecule has 1 atom stereocenters. The maximum absolute atomic E-state index is 13.7. The number of amides is 1. The molecule has 0 spiro atoms. The van der Waals surface area contributed by atoms with Crippen molar-refractivity contribution in [2.24, 2.45) is 0 Å². The zero-order valence-corrected chi connectivity index (χ0v) is 11.6. The Morgan fingerprint density at radius 1 is 1.45 bits per heavy atom. The number of benzene rings is 1. The van der Waals surface area contributed by atoms with E-state index in [9.17, 15) is 14.0 Å². The predicted molar refractivity (Wildman–Crippen MR) is 72.1 cm³/mol. The van der Waals surface area contributed by atoms with Gasteiger partial charge in [0.2, 0.25) is 5.91 Å². The fourth-order valence-corrected chi connectivity index (χ4v) is 2.76. The smallest absolute Gasteiger partial charge is 0.305 e. The van der Waals surface area contributed by atoms with Gasteiger partial charge in [0.1, 0.15) is 5.82 Å². The highest BCUT2D eigenvalue weighted by Crippen LogP contribution is 2.24.